The third kappa shape index (κ3) is 8.69. The van der Waals surface area contributed by atoms with Gasteiger partial charge in [0.25, 0.3) is 0 Å². The number of aryl methyl sites for hydroxylation is 1. The van der Waals surface area contributed by atoms with Crippen LogP contribution in [0.3, 0.4) is 0 Å². The summed E-state index contributed by atoms with van der Waals surface area (Å²) in [7, 11) is 8.10. The lowest BCUT2D eigenvalue weighted by Gasteiger charge is -2.37. The fourth-order valence-electron chi connectivity index (χ4n) is 7.50. The van der Waals surface area contributed by atoms with Gasteiger partial charge >= 0.3 is 5.97 Å². The molecule has 2 fully saturated rings. The van der Waals surface area contributed by atoms with Gasteiger partial charge in [-0.25, -0.2) is 4.39 Å². The Bertz CT molecular complexity index is 1230. The van der Waals surface area contributed by atoms with Crippen molar-refractivity contribution in [3.63, 3.8) is 0 Å². The molecule has 2 aromatic carbocycles. The standard InChI is InChI=1S/C35H49ClFN2O3Si/c1-22-9-7-10-29(31(22)23-12-14-27(15-13-23)42-35(2,3)4)32(34(40)41)39(6)18-16-28(24-19-25(36)21-26(37)20-24)33(43)30-11-8-17-38(30)5/h7,9-10,19-21,23,27-28,30,32-33H,8,11-18H2,1-6H3,(H,40,41)/t23?,27?,28?,30-,32?,33?/m0/s1. The summed E-state index contributed by atoms with van der Waals surface area (Å²) in [6, 6.07) is 10.4. The maximum atomic E-state index is 14.5. The van der Waals surface area contributed by atoms with E-state index in [1.807, 2.05) is 30.1 Å². The van der Waals surface area contributed by atoms with Gasteiger partial charge in [0.1, 0.15) is 11.9 Å². The number of benzene rings is 2. The van der Waals surface area contributed by atoms with Crippen LogP contribution in [0, 0.1) is 12.7 Å². The third-order valence-electron chi connectivity index (χ3n) is 9.46. The Morgan fingerprint density at radius 1 is 1.19 bits per heavy atom. The minimum Gasteiger partial charge on any atom is -0.480 e. The van der Waals surface area contributed by atoms with Crippen molar-refractivity contribution in [3.8, 4) is 0 Å². The molecule has 0 spiro atoms. The highest BCUT2D eigenvalue weighted by Crippen LogP contribution is 2.42. The van der Waals surface area contributed by atoms with Crippen molar-refractivity contribution in [3.05, 3.63) is 69.5 Å². The number of hydrogen-bond acceptors (Lipinski definition) is 4. The lowest BCUT2D eigenvalue weighted by atomic mass is 9.77. The van der Waals surface area contributed by atoms with Gasteiger partial charge in [-0.05, 0) is 158 Å². The summed E-state index contributed by atoms with van der Waals surface area (Å²) in [6.45, 7) is 9.97. The minimum absolute atomic E-state index is 0.0395. The first kappa shape index (κ1) is 34.1. The number of likely N-dealkylation sites (N-methyl/N-ethyl adjacent to an activating group) is 1. The molecule has 1 saturated heterocycles. The number of carboxylic acid groups (broad SMARTS) is 1. The van der Waals surface area contributed by atoms with Crippen molar-refractivity contribution in [2.45, 2.75) is 114 Å². The van der Waals surface area contributed by atoms with Crippen molar-refractivity contribution >= 4 is 27.8 Å². The van der Waals surface area contributed by atoms with Crippen LogP contribution < -0.4 is 0 Å². The van der Waals surface area contributed by atoms with Crippen LogP contribution in [0.2, 0.25) is 10.6 Å². The Morgan fingerprint density at radius 2 is 1.88 bits per heavy atom. The molecule has 1 heterocycles. The van der Waals surface area contributed by atoms with E-state index in [0.717, 1.165) is 61.8 Å². The molecule has 43 heavy (non-hydrogen) atoms. The van der Waals surface area contributed by atoms with E-state index < -0.39 is 12.0 Å². The molecule has 8 heteroatoms. The van der Waals surface area contributed by atoms with Gasteiger partial charge in [0.05, 0.1) is 11.7 Å². The van der Waals surface area contributed by atoms with Gasteiger partial charge in [0.2, 0.25) is 0 Å². The summed E-state index contributed by atoms with van der Waals surface area (Å²) in [5.74, 6) is -0.940. The van der Waals surface area contributed by atoms with Gasteiger partial charge in [0.15, 0.2) is 0 Å². The zero-order chi connectivity index (χ0) is 31.5. The monoisotopic (exact) mass is 627 g/mol. The first-order valence-corrected chi connectivity index (χ1v) is 16.8. The number of nitrogens with zero attached hydrogens (tertiary/aromatic N) is 2. The number of hydrogen-bond donors (Lipinski definition) is 1. The number of aliphatic carboxylic acids is 1. The number of rotatable bonds is 11. The lowest BCUT2D eigenvalue weighted by Crippen LogP contribution is -2.36. The molecule has 3 radical (unpaired) electrons. The molecule has 2 aliphatic rings. The molecule has 2 aromatic rings. The number of likely N-dealkylation sites (tertiary alicyclic amines) is 1. The Balaban J connectivity index is 1.57. The summed E-state index contributed by atoms with van der Waals surface area (Å²) in [5, 5.41) is 11.0. The van der Waals surface area contributed by atoms with Crippen LogP contribution in [0.4, 0.5) is 4.39 Å². The zero-order valence-corrected chi connectivity index (χ0v) is 28.5. The Labute approximate surface area is 266 Å². The summed E-state index contributed by atoms with van der Waals surface area (Å²) in [4.78, 5) is 17.3. The van der Waals surface area contributed by atoms with E-state index >= 15 is 0 Å². The number of halogens is 2. The predicted molar refractivity (Wildman–Crippen MR) is 174 cm³/mol. The zero-order valence-electron chi connectivity index (χ0n) is 26.7. The second kappa shape index (κ2) is 14.5. The van der Waals surface area contributed by atoms with E-state index in [1.165, 1.54) is 11.6 Å². The predicted octanol–water partition coefficient (Wildman–Crippen LogP) is 7.91. The maximum absolute atomic E-state index is 14.5. The highest BCUT2D eigenvalue weighted by molar-refractivity contribution is 6.30. The van der Waals surface area contributed by atoms with E-state index in [9.17, 15) is 14.3 Å². The molecule has 4 atom stereocenters. The van der Waals surface area contributed by atoms with Crippen molar-refractivity contribution in [1.29, 1.82) is 0 Å². The molecule has 5 nitrogen and oxygen atoms in total. The largest absolute Gasteiger partial charge is 0.480 e. The van der Waals surface area contributed by atoms with Crippen LogP contribution in [0.15, 0.2) is 36.4 Å². The highest BCUT2D eigenvalue weighted by atomic mass is 35.5. The quantitative estimate of drug-likeness (QED) is 0.257. The number of carbonyl (C=O) groups is 1. The topological polar surface area (TPSA) is 53.0 Å². The summed E-state index contributed by atoms with van der Waals surface area (Å²) in [5.41, 5.74) is 3.95. The molecular weight excluding hydrogens is 579 g/mol. The van der Waals surface area contributed by atoms with Crippen LogP contribution >= 0.6 is 11.6 Å². The van der Waals surface area contributed by atoms with Crippen molar-refractivity contribution in [1.82, 2.24) is 9.80 Å². The second-order valence-corrected chi connectivity index (χ2v) is 14.9. The average Bonchev–Trinajstić information content (AvgIpc) is 3.34. The SMILES string of the molecule is Cc1cccc(C(C(=O)O)N(C)CCC(c2cc(F)cc(Cl)c2)C([Si])[C@@H]2CCCN2C)c1C1CCC(OC(C)(C)C)CC1. The fraction of sp³-hybridized carbons (Fsp3) is 0.629. The second-order valence-electron chi connectivity index (χ2n) is 13.8. The van der Waals surface area contributed by atoms with Gasteiger partial charge < -0.3 is 14.7 Å². The Kier molecular flexibility index (Phi) is 11.5. The van der Waals surface area contributed by atoms with Crippen LogP contribution in [0.5, 0.6) is 0 Å². The highest BCUT2D eigenvalue weighted by Gasteiger charge is 2.36. The Morgan fingerprint density at radius 3 is 2.47 bits per heavy atom. The molecule has 1 saturated carbocycles. The van der Waals surface area contributed by atoms with Gasteiger partial charge in [-0.1, -0.05) is 29.8 Å². The summed E-state index contributed by atoms with van der Waals surface area (Å²) < 4.78 is 20.8. The summed E-state index contributed by atoms with van der Waals surface area (Å²) >= 11 is 6.31. The van der Waals surface area contributed by atoms with E-state index in [-0.39, 0.29) is 29.0 Å². The normalized spacial score (nSPS) is 23.8. The first-order valence-electron chi connectivity index (χ1n) is 15.8. The lowest BCUT2D eigenvalue weighted by molar-refractivity contribution is -0.143. The molecule has 0 amide bonds. The molecule has 1 N–H and O–H groups in total. The molecule has 0 aromatic heterocycles. The van der Waals surface area contributed by atoms with Crippen LogP contribution in [-0.4, -0.2) is 76.0 Å². The third-order valence-corrected chi connectivity index (χ3v) is 10.5. The molecule has 0 bridgehead atoms. The summed E-state index contributed by atoms with van der Waals surface area (Å²) in [6.07, 6.45) is 7.01. The first-order chi connectivity index (χ1) is 20.2. The van der Waals surface area contributed by atoms with E-state index in [2.05, 4.69) is 56.0 Å². The molecule has 235 valence electrons. The molecular formula is C35H49ClFN2O3Si. The van der Waals surface area contributed by atoms with E-state index in [4.69, 9.17) is 16.3 Å². The van der Waals surface area contributed by atoms with Crippen LogP contribution in [-0.2, 0) is 9.53 Å². The smallest absolute Gasteiger partial charge is 0.325 e. The van der Waals surface area contributed by atoms with Gasteiger partial charge in [-0.3, -0.25) is 9.69 Å². The van der Waals surface area contributed by atoms with Crippen molar-refractivity contribution in [2.75, 3.05) is 27.2 Å². The fourth-order valence-corrected chi connectivity index (χ4v) is 8.51. The minimum atomic E-state index is -0.852. The van der Waals surface area contributed by atoms with Crippen LogP contribution in [0.1, 0.15) is 106 Å². The Hall–Kier alpha value is -1.77. The maximum Gasteiger partial charge on any atom is 0.325 e. The van der Waals surface area contributed by atoms with E-state index in [1.54, 1.807) is 6.07 Å². The molecule has 4 rings (SSSR count). The van der Waals surface area contributed by atoms with Gasteiger partial charge in [0, 0.05) is 21.3 Å². The molecule has 1 aliphatic heterocycles. The van der Waals surface area contributed by atoms with Crippen molar-refractivity contribution < 1.29 is 19.0 Å². The molecule has 3 unspecified atom stereocenters. The van der Waals surface area contributed by atoms with Gasteiger partial charge in [-0.15, -0.1) is 0 Å². The average molecular weight is 628 g/mol. The van der Waals surface area contributed by atoms with Crippen LogP contribution in [0.25, 0.3) is 0 Å². The number of carboxylic acids is 1. The van der Waals surface area contributed by atoms with Gasteiger partial charge in [-0.2, -0.15) is 0 Å². The van der Waals surface area contributed by atoms with E-state index in [0.29, 0.717) is 29.9 Å². The molecule has 1 aliphatic carbocycles. The van der Waals surface area contributed by atoms with Crippen molar-refractivity contribution in [2.24, 2.45) is 0 Å². The number of ether oxygens (including phenoxy) is 1.